The average molecular weight is 239 g/mol. The first kappa shape index (κ1) is 12.1. The minimum Gasteiger partial charge on any atom is -0.393 e. The summed E-state index contributed by atoms with van der Waals surface area (Å²) in [5, 5.41) is 13.3. The zero-order valence-corrected chi connectivity index (χ0v) is 10.7. The molecule has 0 saturated heterocycles. The van der Waals surface area contributed by atoms with E-state index in [-0.39, 0.29) is 6.10 Å². The van der Waals surface area contributed by atoms with Crippen LogP contribution in [0.1, 0.15) is 35.4 Å². The van der Waals surface area contributed by atoms with E-state index in [0.717, 1.165) is 19.5 Å². The van der Waals surface area contributed by atoms with Crippen LogP contribution < -0.4 is 5.32 Å². The van der Waals surface area contributed by atoms with Crippen LogP contribution in [0.4, 0.5) is 0 Å². The Labute approximate surface area is 102 Å². The molecule has 90 valence electrons. The number of aliphatic hydroxyl groups excluding tert-OH is 1. The van der Waals surface area contributed by atoms with Gasteiger partial charge in [0.05, 0.1) is 6.10 Å². The molecule has 1 fully saturated rings. The van der Waals surface area contributed by atoms with Gasteiger partial charge in [-0.2, -0.15) is 0 Å². The predicted octanol–water partition coefficient (Wildman–Crippen LogP) is 2.70. The van der Waals surface area contributed by atoms with E-state index >= 15 is 0 Å². The number of rotatable bonds is 4. The Hall–Kier alpha value is -0.380. The lowest BCUT2D eigenvalue weighted by Crippen LogP contribution is -2.33. The zero-order valence-electron chi connectivity index (χ0n) is 9.91. The molecule has 16 heavy (non-hydrogen) atoms. The maximum atomic E-state index is 9.83. The van der Waals surface area contributed by atoms with E-state index in [1.165, 1.54) is 29.0 Å². The third-order valence-electron chi connectivity index (χ3n) is 3.37. The maximum absolute atomic E-state index is 9.83. The van der Waals surface area contributed by atoms with Gasteiger partial charge in [0, 0.05) is 22.8 Å². The smallest absolute Gasteiger partial charge is 0.0580 e. The topological polar surface area (TPSA) is 32.3 Å². The molecule has 1 aliphatic carbocycles. The quantitative estimate of drug-likeness (QED) is 0.846. The summed E-state index contributed by atoms with van der Waals surface area (Å²) < 4.78 is 0. The summed E-state index contributed by atoms with van der Waals surface area (Å²) in [5.41, 5.74) is 0. The van der Waals surface area contributed by atoms with Crippen molar-refractivity contribution >= 4 is 11.3 Å². The Balaban J connectivity index is 1.71. The third-order valence-corrected chi connectivity index (χ3v) is 4.37. The molecule has 0 amide bonds. The van der Waals surface area contributed by atoms with Gasteiger partial charge in [-0.25, -0.2) is 0 Å². The predicted molar refractivity (Wildman–Crippen MR) is 68.7 cm³/mol. The lowest BCUT2D eigenvalue weighted by molar-refractivity contribution is 0.0695. The highest BCUT2D eigenvalue weighted by molar-refractivity contribution is 7.11. The van der Waals surface area contributed by atoms with Crippen molar-refractivity contribution < 1.29 is 5.11 Å². The molecular formula is C13H21NOS. The minimum atomic E-state index is -0.0775. The van der Waals surface area contributed by atoms with Crippen molar-refractivity contribution in [3.63, 3.8) is 0 Å². The summed E-state index contributed by atoms with van der Waals surface area (Å²) in [6.07, 6.45) is 4.57. The summed E-state index contributed by atoms with van der Waals surface area (Å²) in [6, 6.07) is 4.35. The molecule has 1 aromatic rings. The van der Waals surface area contributed by atoms with Gasteiger partial charge in [-0.1, -0.05) is 12.8 Å². The van der Waals surface area contributed by atoms with Crippen LogP contribution in [-0.2, 0) is 6.54 Å². The molecule has 1 aromatic heterocycles. The fourth-order valence-corrected chi connectivity index (χ4v) is 3.25. The third kappa shape index (κ3) is 3.30. The van der Waals surface area contributed by atoms with E-state index in [9.17, 15) is 5.11 Å². The second-order valence-electron chi connectivity index (χ2n) is 4.76. The number of nitrogens with one attached hydrogen (secondary N) is 1. The van der Waals surface area contributed by atoms with Crippen LogP contribution in [0.15, 0.2) is 12.1 Å². The van der Waals surface area contributed by atoms with Crippen molar-refractivity contribution in [3.8, 4) is 0 Å². The van der Waals surface area contributed by atoms with Gasteiger partial charge < -0.3 is 10.4 Å². The van der Waals surface area contributed by atoms with Gasteiger partial charge in [0.2, 0.25) is 0 Å². The fourth-order valence-electron chi connectivity index (χ4n) is 2.39. The van der Waals surface area contributed by atoms with Crippen molar-refractivity contribution in [2.45, 2.75) is 45.3 Å². The highest BCUT2D eigenvalue weighted by Crippen LogP contribution is 2.23. The minimum absolute atomic E-state index is 0.0775. The molecule has 0 spiro atoms. The first-order chi connectivity index (χ1) is 7.75. The maximum Gasteiger partial charge on any atom is 0.0580 e. The number of hydrogen-bond acceptors (Lipinski definition) is 3. The Kier molecular flexibility index (Phi) is 4.38. The van der Waals surface area contributed by atoms with Crippen LogP contribution in [0.25, 0.3) is 0 Å². The lowest BCUT2D eigenvalue weighted by atomic mass is 9.86. The lowest BCUT2D eigenvalue weighted by Gasteiger charge is -2.27. The van der Waals surface area contributed by atoms with Crippen molar-refractivity contribution in [3.05, 3.63) is 21.9 Å². The first-order valence-corrected chi connectivity index (χ1v) is 7.01. The molecular weight excluding hydrogens is 218 g/mol. The second-order valence-corrected chi connectivity index (χ2v) is 6.13. The molecule has 2 rings (SSSR count). The average Bonchev–Trinajstić information content (AvgIpc) is 2.67. The van der Waals surface area contributed by atoms with Gasteiger partial charge in [0.1, 0.15) is 0 Å². The molecule has 0 aliphatic heterocycles. The second kappa shape index (κ2) is 5.80. The molecule has 0 bridgehead atoms. The molecule has 0 aromatic carbocycles. The van der Waals surface area contributed by atoms with Gasteiger partial charge in [-0.05, 0) is 37.8 Å². The van der Waals surface area contributed by atoms with Crippen molar-refractivity contribution in [2.75, 3.05) is 6.54 Å². The van der Waals surface area contributed by atoms with E-state index in [0.29, 0.717) is 5.92 Å². The number of aryl methyl sites for hydroxylation is 1. The van der Waals surface area contributed by atoms with E-state index < -0.39 is 0 Å². The monoisotopic (exact) mass is 239 g/mol. The molecule has 3 heteroatoms. The van der Waals surface area contributed by atoms with E-state index in [4.69, 9.17) is 0 Å². The van der Waals surface area contributed by atoms with Gasteiger partial charge >= 0.3 is 0 Å². The first-order valence-electron chi connectivity index (χ1n) is 6.20. The molecule has 2 atom stereocenters. The number of thiophene rings is 1. The van der Waals surface area contributed by atoms with Crippen molar-refractivity contribution in [1.82, 2.24) is 5.32 Å². The summed E-state index contributed by atoms with van der Waals surface area (Å²) in [7, 11) is 0. The van der Waals surface area contributed by atoms with E-state index in [1.807, 2.05) is 11.3 Å². The Bertz CT molecular complexity index is 323. The van der Waals surface area contributed by atoms with Crippen LogP contribution in [0, 0.1) is 12.8 Å². The number of aliphatic hydroxyl groups is 1. The molecule has 0 radical (unpaired) electrons. The van der Waals surface area contributed by atoms with Crippen molar-refractivity contribution in [1.29, 1.82) is 0 Å². The summed E-state index contributed by atoms with van der Waals surface area (Å²) >= 11 is 1.85. The summed E-state index contributed by atoms with van der Waals surface area (Å²) in [5.74, 6) is 0.467. The molecule has 1 saturated carbocycles. The van der Waals surface area contributed by atoms with E-state index in [2.05, 4.69) is 24.4 Å². The molecule has 2 N–H and O–H groups in total. The fraction of sp³-hybridized carbons (Fsp3) is 0.692. The molecule has 1 heterocycles. The standard InChI is InChI=1S/C13H21NOS/c1-10-6-7-12(16-10)9-14-8-11-4-2-3-5-13(11)15/h6-7,11,13-15H,2-5,8-9H2,1H3. The Morgan fingerprint density at radius 3 is 2.88 bits per heavy atom. The van der Waals surface area contributed by atoms with Crippen LogP contribution in [0.2, 0.25) is 0 Å². The van der Waals surface area contributed by atoms with Gasteiger partial charge in [0.25, 0.3) is 0 Å². The van der Waals surface area contributed by atoms with E-state index in [1.54, 1.807) is 0 Å². The molecule has 2 unspecified atom stereocenters. The highest BCUT2D eigenvalue weighted by Gasteiger charge is 2.22. The largest absolute Gasteiger partial charge is 0.393 e. The van der Waals surface area contributed by atoms with Gasteiger partial charge in [-0.3, -0.25) is 0 Å². The Morgan fingerprint density at radius 1 is 1.38 bits per heavy atom. The zero-order chi connectivity index (χ0) is 11.4. The summed E-state index contributed by atoms with van der Waals surface area (Å²) in [4.78, 5) is 2.76. The van der Waals surface area contributed by atoms with Crippen LogP contribution in [0.3, 0.4) is 0 Å². The normalized spacial score (nSPS) is 25.9. The van der Waals surface area contributed by atoms with Crippen LogP contribution in [0.5, 0.6) is 0 Å². The van der Waals surface area contributed by atoms with Gasteiger partial charge in [-0.15, -0.1) is 11.3 Å². The van der Waals surface area contributed by atoms with Gasteiger partial charge in [0.15, 0.2) is 0 Å². The van der Waals surface area contributed by atoms with Crippen LogP contribution in [-0.4, -0.2) is 17.8 Å². The summed E-state index contributed by atoms with van der Waals surface area (Å²) in [6.45, 7) is 4.04. The van der Waals surface area contributed by atoms with Crippen molar-refractivity contribution in [2.24, 2.45) is 5.92 Å². The number of hydrogen-bond donors (Lipinski definition) is 2. The molecule has 1 aliphatic rings. The highest BCUT2D eigenvalue weighted by atomic mass is 32.1. The Morgan fingerprint density at radius 2 is 2.19 bits per heavy atom. The molecule has 2 nitrogen and oxygen atoms in total. The SMILES string of the molecule is Cc1ccc(CNCC2CCCCC2O)s1. The van der Waals surface area contributed by atoms with Crippen LogP contribution >= 0.6 is 11.3 Å².